The summed E-state index contributed by atoms with van der Waals surface area (Å²) in [4.78, 5) is 24.6. The molecule has 3 N–H and O–H groups in total. The highest BCUT2D eigenvalue weighted by Gasteiger charge is 2.18. The van der Waals surface area contributed by atoms with E-state index in [9.17, 15) is 19.8 Å². The molecule has 0 saturated heterocycles. The number of carbonyl (C=O) groups is 2. The summed E-state index contributed by atoms with van der Waals surface area (Å²) in [6.07, 6.45) is 73.2. The summed E-state index contributed by atoms with van der Waals surface area (Å²) in [6.45, 7) is 4.88. The third-order valence-electron chi connectivity index (χ3n) is 14.1. The van der Waals surface area contributed by atoms with Crippen molar-refractivity contribution in [3.8, 4) is 0 Å². The Morgan fingerprint density at radius 2 is 0.681 bits per heavy atom. The summed E-state index contributed by atoms with van der Waals surface area (Å²) in [7, 11) is 0. The van der Waals surface area contributed by atoms with Crippen molar-refractivity contribution in [2.24, 2.45) is 0 Å². The molecule has 0 heterocycles. The van der Waals surface area contributed by atoms with Crippen LogP contribution in [0.2, 0.25) is 0 Å². The van der Waals surface area contributed by atoms with E-state index in [1.165, 1.54) is 231 Å². The number of aliphatic hydroxyl groups is 2. The topological polar surface area (TPSA) is 95.9 Å². The van der Waals surface area contributed by atoms with Gasteiger partial charge in [-0.25, -0.2) is 0 Å². The number of rotatable bonds is 57. The fourth-order valence-electron chi connectivity index (χ4n) is 9.39. The number of amides is 1. The number of unbranched alkanes of at least 4 members (excludes halogenated alkanes) is 42. The minimum absolute atomic E-state index is 0.0143. The Balaban J connectivity index is 3.50. The molecule has 0 fully saturated rings. The molecular weight excluding hydrogens is 851 g/mol. The summed E-state index contributed by atoms with van der Waals surface area (Å²) in [5.41, 5.74) is 0. The molecule has 69 heavy (non-hydrogen) atoms. The summed E-state index contributed by atoms with van der Waals surface area (Å²) in [5.74, 6) is -0.0955. The highest BCUT2D eigenvalue weighted by molar-refractivity contribution is 5.76. The molecule has 0 aromatic heterocycles. The maximum atomic E-state index is 12.5. The summed E-state index contributed by atoms with van der Waals surface area (Å²) in [5, 5.41) is 23.2. The fraction of sp³-hybridized carbons (Fsp3) is 0.873. The number of allylic oxidation sites excluding steroid dienone is 5. The summed E-state index contributed by atoms with van der Waals surface area (Å²) < 4.78 is 5.47. The molecule has 0 rings (SSSR count). The average molecular weight is 971 g/mol. The van der Waals surface area contributed by atoms with Gasteiger partial charge in [-0.15, -0.1) is 0 Å². The van der Waals surface area contributed by atoms with Crippen LogP contribution in [0.25, 0.3) is 0 Å². The smallest absolute Gasteiger partial charge is 0.305 e. The van der Waals surface area contributed by atoms with Crippen LogP contribution >= 0.6 is 0 Å². The van der Waals surface area contributed by atoms with Gasteiger partial charge >= 0.3 is 5.97 Å². The van der Waals surface area contributed by atoms with Gasteiger partial charge in [-0.3, -0.25) is 9.59 Å². The quantitative estimate of drug-likeness (QED) is 0.0321. The molecule has 0 saturated carbocycles. The van der Waals surface area contributed by atoms with Crippen molar-refractivity contribution >= 4 is 11.9 Å². The molecule has 6 nitrogen and oxygen atoms in total. The molecule has 2 unspecified atom stereocenters. The van der Waals surface area contributed by atoms with Crippen molar-refractivity contribution in [3.05, 3.63) is 36.5 Å². The number of carbonyl (C=O) groups excluding carboxylic acids is 2. The number of nitrogens with one attached hydrogen (secondary N) is 1. The van der Waals surface area contributed by atoms with Crippen LogP contribution < -0.4 is 5.32 Å². The Kier molecular flexibility index (Phi) is 57.0. The second kappa shape index (κ2) is 58.6. The Bertz CT molecular complexity index is 1120. The molecule has 0 radical (unpaired) electrons. The van der Waals surface area contributed by atoms with Crippen LogP contribution in [-0.2, 0) is 14.3 Å². The lowest BCUT2D eigenvalue weighted by Crippen LogP contribution is -2.45. The molecule has 0 aromatic rings. The summed E-state index contributed by atoms with van der Waals surface area (Å²) in [6, 6.07) is -0.641. The van der Waals surface area contributed by atoms with Gasteiger partial charge in [-0.1, -0.05) is 269 Å². The Labute approximate surface area is 430 Å². The maximum absolute atomic E-state index is 12.5. The van der Waals surface area contributed by atoms with Gasteiger partial charge in [0.05, 0.1) is 25.4 Å². The largest absolute Gasteiger partial charge is 0.466 e. The van der Waals surface area contributed by atoms with Crippen LogP contribution in [0.4, 0.5) is 0 Å². The highest BCUT2D eigenvalue weighted by Crippen LogP contribution is 2.17. The summed E-state index contributed by atoms with van der Waals surface area (Å²) >= 11 is 0. The SMILES string of the molecule is CCCCCCCC/C=C\CCCCCCCCCC(=O)OCCCCCC/C=C\CCCCCCCCCC(=O)NC(CO)C(O)/C=C/CCCCCCCCCCCCCCCCCCCC. The molecule has 2 atom stereocenters. The second-order valence-corrected chi connectivity index (χ2v) is 21.0. The van der Waals surface area contributed by atoms with Crippen LogP contribution in [0.5, 0.6) is 0 Å². The van der Waals surface area contributed by atoms with Crippen LogP contribution in [0.3, 0.4) is 0 Å². The predicted molar refractivity (Wildman–Crippen MR) is 301 cm³/mol. The first-order valence-electron chi connectivity index (χ1n) is 30.8. The number of aliphatic hydroxyl groups excluding tert-OH is 2. The first-order chi connectivity index (χ1) is 34.0. The van der Waals surface area contributed by atoms with E-state index in [2.05, 4.69) is 43.5 Å². The van der Waals surface area contributed by atoms with Gasteiger partial charge in [0.25, 0.3) is 0 Å². The van der Waals surface area contributed by atoms with Crippen LogP contribution in [0.1, 0.15) is 328 Å². The molecule has 0 aliphatic rings. The first kappa shape index (κ1) is 67.1. The lowest BCUT2D eigenvalue weighted by Gasteiger charge is -2.20. The minimum Gasteiger partial charge on any atom is -0.466 e. The van der Waals surface area contributed by atoms with Gasteiger partial charge in [-0.2, -0.15) is 0 Å². The van der Waals surface area contributed by atoms with Crippen LogP contribution in [0, 0.1) is 0 Å². The zero-order valence-electron chi connectivity index (χ0n) is 46.3. The van der Waals surface area contributed by atoms with Crippen molar-refractivity contribution in [3.63, 3.8) is 0 Å². The monoisotopic (exact) mass is 970 g/mol. The van der Waals surface area contributed by atoms with Crippen molar-refractivity contribution in [2.75, 3.05) is 13.2 Å². The molecule has 6 heteroatoms. The van der Waals surface area contributed by atoms with E-state index in [4.69, 9.17) is 4.74 Å². The van der Waals surface area contributed by atoms with Crippen molar-refractivity contribution in [2.45, 2.75) is 341 Å². The van der Waals surface area contributed by atoms with Gasteiger partial charge in [0.1, 0.15) is 0 Å². The van der Waals surface area contributed by atoms with Gasteiger partial charge in [0, 0.05) is 12.8 Å². The highest BCUT2D eigenvalue weighted by atomic mass is 16.5. The molecule has 406 valence electrons. The molecule has 1 amide bonds. The second-order valence-electron chi connectivity index (χ2n) is 21.0. The lowest BCUT2D eigenvalue weighted by molar-refractivity contribution is -0.143. The number of ether oxygens (including phenoxy) is 1. The minimum atomic E-state index is -0.856. The molecule has 0 bridgehead atoms. The molecular formula is C63H119NO5. The van der Waals surface area contributed by atoms with Gasteiger partial charge < -0.3 is 20.3 Å². The van der Waals surface area contributed by atoms with E-state index in [-0.39, 0.29) is 18.5 Å². The van der Waals surface area contributed by atoms with Gasteiger partial charge in [-0.05, 0) is 83.5 Å². The Morgan fingerprint density at radius 3 is 1.03 bits per heavy atom. The molecule has 0 aromatic carbocycles. The van der Waals surface area contributed by atoms with E-state index in [1.54, 1.807) is 6.08 Å². The number of esters is 1. The van der Waals surface area contributed by atoms with Crippen LogP contribution in [-0.4, -0.2) is 47.4 Å². The maximum Gasteiger partial charge on any atom is 0.305 e. The van der Waals surface area contributed by atoms with Crippen molar-refractivity contribution < 1.29 is 24.5 Å². The van der Waals surface area contributed by atoms with Gasteiger partial charge in [0.15, 0.2) is 0 Å². The van der Waals surface area contributed by atoms with Gasteiger partial charge in [0.2, 0.25) is 5.91 Å². The third-order valence-corrected chi connectivity index (χ3v) is 14.1. The molecule has 0 aliphatic heterocycles. The van der Waals surface area contributed by atoms with Crippen molar-refractivity contribution in [1.82, 2.24) is 5.32 Å². The average Bonchev–Trinajstić information content (AvgIpc) is 3.35. The first-order valence-corrected chi connectivity index (χ1v) is 30.8. The molecule has 0 aliphatic carbocycles. The number of hydrogen-bond donors (Lipinski definition) is 3. The normalized spacial score (nSPS) is 12.8. The van der Waals surface area contributed by atoms with E-state index >= 15 is 0 Å². The fourth-order valence-corrected chi connectivity index (χ4v) is 9.39. The zero-order chi connectivity index (χ0) is 50.0. The molecule has 0 spiro atoms. The van der Waals surface area contributed by atoms with E-state index < -0.39 is 12.1 Å². The Hall–Kier alpha value is -1.92. The predicted octanol–water partition coefficient (Wildman–Crippen LogP) is 19.2. The standard InChI is InChI=1S/C63H119NO5/c1-3-5-7-9-11-13-15-17-19-21-22-23-25-27-31-35-39-43-47-51-55-61(66)60(59-65)64-62(67)56-52-48-44-40-36-32-28-26-30-34-38-42-46-50-54-58-69-63(68)57-53-49-45-41-37-33-29-24-20-18-16-14-12-10-8-6-4-2/h18,20,30,34,51,55,60-61,65-66H,3-17,19,21-29,31-33,35-50,52-54,56-59H2,1-2H3,(H,64,67)/b20-18-,34-30-,55-51+. The third kappa shape index (κ3) is 55.2. The van der Waals surface area contributed by atoms with E-state index in [0.29, 0.717) is 19.4 Å². The van der Waals surface area contributed by atoms with E-state index in [0.717, 1.165) is 70.6 Å². The zero-order valence-corrected chi connectivity index (χ0v) is 46.3. The van der Waals surface area contributed by atoms with Crippen LogP contribution in [0.15, 0.2) is 36.5 Å². The number of hydrogen-bond acceptors (Lipinski definition) is 5. The lowest BCUT2D eigenvalue weighted by atomic mass is 10.0. The van der Waals surface area contributed by atoms with E-state index in [1.807, 2.05) is 6.08 Å². The van der Waals surface area contributed by atoms with Crippen molar-refractivity contribution in [1.29, 1.82) is 0 Å². The Morgan fingerprint density at radius 1 is 0.391 bits per heavy atom.